The van der Waals surface area contributed by atoms with Gasteiger partial charge in [-0.2, -0.15) is 14.9 Å². The lowest BCUT2D eigenvalue weighted by atomic mass is 10.2. The minimum absolute atomic E-state index is 0.0420. The van der Waals surface area contributed by atoms with Gasteiger partial charge in [0.1, 0.15) is 5.02 Å². The second-order valence-corrected chi connectivity index (χ2v) is 5.90. The topological polar surface area (TPSA) is 69.0 Å². The number of unbranched alkanes of at least 4 members (excludes halogenated alkanes) is 1. The van der Waals surface area contributed by atoms with Crippen molar-refractivity contribution in [3.8, 4) is 5.88 Å². The Bertz CT molecular complexity index is 691. The first-order valence-corrected chi connectivity index (χ1v) is 8.11. The quantitative estimate of drug-likeness (QED) is 0.746. The van der Waals surface area contributed by atoms with Crippen molar-refractivity contribution in [3.05, 3.63) is 39.2 Å². The van der Waals surface area contributed by atoms with E-state index >= 15 is 0 Å². The average Bonchev–Trinajstić information content (AvgIpc) is 2.95. The van der Waals surface area contributed by atoms with Crippen molar-refractivity contribution >= 4 is 40.7 Å². The zero-order valence-electron chi connectivity index (χ0n) is 12.4. The number of aromatic nitrogens is 3. The molecule has 0 saturated carbocycles. The van der Waals surface area contributed by atoms with E-state index in [1.54, 1.807) is 6.20 Å². The molecule has 0 aliphatic rings. The van der Waals surface area contributed by atoms with Gasteiger partial charge in [-0.25, -0.2) is 5.43 Å². The van der Waals surface area contributed by atoms with E-state index in [1.807, 2.05) is 6.07 Å². The Morgan fingerprint density at radius 2 is 2.13 bits per heavy atom. The van der Waals surface area contributed by atoms with E-state index in [1.165, 1.54) is 10.9 Å². The summed E-state index contributed by atoms with van der Waals surface area (Å²) in [5.74, 6) is -0.362. The van der Waals surface area contributed by atoms with Crippen LogP contribution in [0.15, 0.2) is 18.3 Å². The highest BCUT2D eigenvalue weighted by molar-refractivity contribution is 6.42. The van der Waals surface area contributed by atoms with Gasteiger partial charge in [-0.3, -0.25) is 4.79 Å². The average molecular weight is 378 g/mol. The third-order valence-corrected chi connectivity index (χ3v) is 3.81. The van der Waals surface area contributed by atoms with Gasteiger partial charge in [0.15, 0.2) is 11.8 Å². The molecule has 0 bridgehead atoms. The fourth-order valence-electron chi connectivity index (χ4n) is 1.74. The molecule has 2 rings (SSSR count). The Morgan fingerprint density at radius 3 is 2.87 bits per heavy atom. The van der Waals surface area contributed by atoms with Gasteiger partial charge >= 0.3 is 0 Å². The van der Waals surface area contributed by atoms with E-state index in [-0.39, 0.29) is 27.7 Å². The molecule has 0 atom stereocenters. The van der Waals surface area contributed by atoms with Crippen LogP contribution in [0.2, 0.25) is 15.2 Å². The molecule has 1 amide bonds. The lowest BCUT2D eigenvalue weighted by molar-refractivity contribution is -0.119. The van der Waals surface area contributed by atoms with E-state index in [4.69, 9.17) is 39.5 Å². The lowest BCUT2D eigenvalue weighted by Crippen LogP contribution is -2.28. The fourth-order valence-corrected chi connectivity index (χ4v) is 2.28. The van der Waals surface area contributed by atoms with E-state index < -0.39 is 5.91 Å². The Morgan fingerprint density at radius 1 is 1.35 bits per heavy atom. The highest BCUT2D eigenvalue weighted by atomic mass is 35.5. The summed E-state index contributed by atoms with van der Waals surface area (Å²) in [7, 11) is 0. The van der Waals surface area contributed by atoms with Gasteiger partial charge in [0.2, 0.25) is 5.88 Å². The number of ether oxygens (including phenoxy) is 1. The minimum atomic E-state index is -0.404. The second-order valence-electron chi connectivity index (χ2n) is 4.73. The van der Waals surface area contributed by atoms with Crippen LogP contribution in [-0.4, -0.2) is 27.4 Å². The first-order chi connectivity index (χ1) is 11.0. The molecule has 1 N–H and O–H groups in total. The van der Waals surface area contributed by atoms with Gasteiger partial charge in [-0.05, 0) is 25.0 Å². The highest BCUT2D eigenvalue weighted by Crippen LogP contribution is 2.30. The molecule has 6 nitrogen and oxygen atoms in total. The summed E-state index contributed by atoms with van der Waals surface area (Å²) in [6.07, 6.45) is 4.69. The molecule has 2 heterocycles. The van der Waals surface area contributed by atoms with Crippen molar-refractivity contribution in [1.29, 1.82) is 0 Å². The van der Waals surface area contributed by atoms with Crippen molar-refractivity contribution in [2.24, 2.45) is 0 Å². The predicted octanol–water partition coefficient (Wildman–Crippen LogP) is 3.73. The van der Waals surface area contributed by atoms with E-state index in [2.05, 4.69) is 22.4 Å². The molecule has 0 radical (unpaired) electrons. The summed E-state index contributed by atoms with van der Waals surface area (Å²) in [5, 5.41) is 4.68. The standard InChI is InChI=1S/C14H15Cl3N4O2/c1-2-3-4-9-5-6-21(19-9)20-12(22)8-23-14-11(16)7-10(15)13(17)18-14/h5-7H,2-4,8H2,1H3,(H,20,22). The number of nitrogens with one attached hydrogen (secondary N) is 1. The monoisotopic (exact) mass is 376 g/mol. The molecule has 2 aromatic rings. The molecule has 0 aliphatic carbocycles. The maximum Gasteiger partial charge on any atom is 0.278 e. The molecule has 0 aromatic carbocycles. The number of carbonyl (C=O) groups is 1. The molecule has 0 saturated heterocycles. The van der Waals surface area contributed by atoms with Crippen LogP contribution in [0.4, 0.5) is 0 Å². The van der Waals surface area contributed by atoms with Crippen molar-refractivity contribution < 1.29 is 9.53 Å². The largest absolute Gasteiger partial charge is 0.466 e. The van der Waals surface area contributed by atoms with E-state index in [0.717, 1.165) is 25.0 Å². The summed E-state index contributed by atoms with van der Waals surface area (Å²) in [4.78, 5) is 17.1. The molecule has 0 aliphatic heterocycles. The molecule has 2 aromatic heterocycles. The summed E-state index contributed by atoms with van der Waals surface area (Å²) in [6, 6.07) is 3.26. The zero-order chi connectivity index (χ0) is 16.8. The van der Waals surface area contributed by atoms with Crippen molar-refractivity contribution in [2.75, 3.05) is 12.0 Å². The van der Waals surface area contributed by atoms with Gasteiger partial charge in [-0.1, -0.05) is 48.1 Å². The zero-order valence-corrected chi connectivity index (χ0v) is 14.6. The number of nitrogens with zero attached hydrogens (tertiary/aromatic N) is 3. The molecular formula is C14H15Cl3N4O2. The van der Waals surface area contributed by atoms with Crippen LogP contribution in [0.3, 0.4) is 0 Å². The maximum absolute atomic E-state index is 11.8. The Labute approximate surface area is 148 Å². The van der Waals surface area contributed by atoms with Crippen LogP contribution in [-0.2, 0) is 11.2 Å². The van der Waals surface area contributed by atoms with Gasteiger partial charge in [-0.15, -0.1) is 0 Å². The molecule has 23 heavy (non-hydrogen) atoms. The Kier molecular flexibility index (Phi) is 6.50. The lowest BCUT2D eigenvalue weighted by Gasteiger charge is -2.08. The summed E-state index contributed by atoms with van der Waals surface area (Å²) in [6.45, 7) is 1.83. The predicted molar refractivity (Wildman–Crippen MR) is 90.0 cm³/mol. The Hall–Kier alpha value is -1.50. The smallest absolute Gasteiger partial charge is 0.278 e. The van der Waals surface area contributed by atoms with E-state index in [0.29, 0.717) is 0 Å². The normalized spacial score (nSPS) is 10.6. The van der Waals surface area contributed by atoms with Gasteiger partial charge in [0, 0.05) is 6.20 Å². The second kappa shape index (κ2) is 8.38. The SMILES string of the molecule is CCCCc1ccn(NC(=O)COc2nc(Cl)c(Cl)cc2Cl)n1. The summed E-state index contributed by atoms with van der Waals surface area (Å²) >= 11 is 17.5. The summed E-state index contributed by atoms with van der Waals surface area (Å²) < 4.78 is 5.24. The highest BCUT2D eigenvalue weighted by Gasteiger charge is 2.11. The minimum Gasteiger partial charge on any atom is -0.466 e. The van der Waals surface area contributed by atoms with Crippen molar-refractivity contribution in [1.82, 2.24) is 14.9 Å². The molecule has 0 fully saturated rings. The molecular weight excluding hydrogens is 363 g/mol. The number of pyridine rings is 1. The first kappa shape index (κ1) is 17.8. The third kappa shape index (κ3) is 5.27. The van der Waals surface area contributed by atoms with Crippen molar-refractivity contribution in [3.63, 3.8) is 0 Å². The molecule has 0 spiro atoms. The summed E-state index contributed by atoms with van der Waals surface area (Å²) in [5.41, 5.74) is 3.48. The number of halogens is 3. The number of amides is 1. The maximum atomic E-state index is 11.8. The number of hydrogen-bond donors (Lipinski definition) is 1. The van der Waals surface area contributed by atoms with Gasteiger partial charge in [0.25, 0.3) is 5.91 Å². The van der Waals surface area contributed by atoms with E-state index in [9.17, 15) is 4.79 Å². The fraction of sp³-hybridized carbons (Fsp3) is 0.357. The van der Waals surface area contributed by atoms with Crippen LogP contribution < -0.4 is 10.2 Å². The molecule has 0 unspecified atom stereocenters. The van der Waals surface area contributed by atoms with Crippen LogP contribution >= 0.6 is 34.8 Å². The van der Waals surface area contributed by atoms with Crippen molar-refractivity contribution in [2.45, 2.75) is 26.2 Å². The third-order valence-electron chi connectivity index (χ3n) is 2.86. The first-order valence-electron chi connectivity index (χ1n) is 6.98. The van der Waals surface area contributed by atoms with Crippen LogP contribution in [0, 0.1) is 0 Å². The van der Waals surface area contributed by atoms with Crippen LogP contribution in [0.25, 0.3) is 0 Å². The number of rotatable bonds is 7. The molecule has 124 valence electrons. The number of hydrogen-bond acceptors (Lipinski definition) is 4. The number of aryl methyl sites for hydroxylation is 1. The van der Waals surface area contributed by atoms with Crippen LogP contribution in [0.1, 0.15) is 25.5 Å². The number of carbonyl (C=O) groups excluding carboxylic acids is 1. The molecule has 9 heteroatoms. The van der Waals surface area contributed by atoms with Gasteiger partial charge < -0.3 is 4.74 Å². The Balaban J connectivity index is 1.88. The van der Waals surface area contributed by atoms with Crippen LogP contribution in [0.5, 0.6) is 5.88 Å². The van der Waals surface area contributed by atoms with Gasteiger partial charge in [0.05, 0.1) is 10.7 Å².